The molecular formula is C16H18F3NO3. The number of hydrogen-bond acceptors (Lipinski definition) is 3. The minimum absolute atomic E-state index is 0.139. The maximum Gasteiger partial charge on any atom is 0.411 e. The topological polar surface area (TPSA) is 51.5 Å². The highest BCUT2D eigenvalue weighted by Gasteiger charge is 2.27. The van der Waals surface area contributed by atoms with Gasteiger partial charge in [-0.1, -0.05) is 18.2 Å². The van der Waals surface area contributed by atoms with Gasteiger partial charge in [-0.2, -0.15) is 13.2 Å². The van der Waals surface area contributed by atoms with Gasteiger partial charge in [-0.3, -0.25) is 4.79 Å². The van der Waals surface area contributed by atoms with Crippen molar-refractivity contribution < 1.29 is 27.1 Å². The molecule has 23 heavy (non-hydrogen) atoms. The molecule has 7 heteroatoms. The molecule has 126 valence electrons. The number of rotatable bonds is 6. The number of para-hydroxylation sites is 1. The van der Waals surface area contributed by atoms with E-state index >= 15 is 0 Å². The molecule has 2 rings (SSSR count). The first-order valence-electron chi connectivity index (χ1n) is 7.20. The van der Waals surface area contributed by atoms with Gasteiger partial charge in [-0.25, -0.2) is 0 Å². The van der Waals surface area contributed by atoms with Crippen LogP contribution in [0.3, 0.4) is 0 Å². The number of nitrogens with one attached hydrogen (secondary N) is 1. The van der Waals surface area contributed by atoms with E-state index in [1.165, 1.54) is 0 Å². The van der Waals surface area contributed by atoms with Crippen molar-refractivity contribution in [2.24, 2.45) is 0 Å². The second-order valence-corrected chi connectivity index (χ2v) is 5.29. The van der Waals surface area contributed by atoms with Crippen LogP contribution in [0.15, 0.2) is 28.7 Å². The van der Waals surface area contributed by atoms with Crippen molar-refractivity contribution in [1.29, 1.82) is 0 Å². The molecule has 0 fully saturated rings. The number of alkyl halides is 3. The molecule has 1 N–H and O–H groups in total. The summed E-state index contributed by atoms with van der Waals surface area (Å²) in [4.78, 5) is 11.8. The number of carbonyl (C=O) groups excluding carboxylic acids is 1. The van der Waals surface area contributed by atoms with Crippen LogP contribution in [0, 0.1) is 6.92 Å². The third kappa shape index (κ3) is 4.72. The Bertz CT molecular complexity index is 679. The molecule has 1 aromatic heterocycles. The molecule has 4 nitrogen and oxygen atoms in total. The lowest BCUT2D eigenvalue weighted by molar-refractivity contribution is -0.174. The van der Waals surface area contributed by atoms with Crippen molar-refractivity contribution in [3.8, 4) is 0 Å². The van der Waals surface area contributed by atoms with Gasteiger partial charge >= 0.3 is 6.18 Å². The van der Waals surface area contributed by atoms with Gasteiger partial charge < -0.3 is 14.5 Å². The average molecular weight is 329 g/mol. The number of ether oxygens (including phenoxy) is 1. The van der Waals surface area contributed by atoms with Gasteiger partial charge in [-0.15, -0.1) is 0 Å². The summed E-state index contributed by atoms with van der Waals surface area (Å²) in [5.41, 5.74) is 1.66. The van der Waals surface area contributed by atoms with Crippen molar-refractivity contribution >= 4 is 16.9 Å². The van der Waals surface area contributed by atoms with E-state index in [4.69, 9.17) is 4.42 Å². The standard InChI is InChI=1S/C16H18F3NO3/c1-10-12-5-3-4-6-13(12)23-15(10)11(2)20-14(21)7-8-22-9-16(17,18)19/h3-6,11H,7-9H2,1-2H3,(H,20,21). The molecule has 1 amide bonds. The van der Waals surface area contributed by atoms with Gasteiger partial charge in [0.2, 0.25) is 5.91 Å². The van der Waals surface area contributed by atoms with Gasteiger partial charge in [0.05, 0.1) is 12.6 Å². The number of fused-ring (bicyclic) bond motifs is 1. The van der Waals surface area contributed by atoms with E-state index in [2.05, 4.69) is 10.1 Å². The molecule has 0 aliphatic carbocycles. The van der Waals surface area contributed by atoms with Crippen molar-refractivity contribution in [2.75, 3.05) is 13.2 Å². The van der Waals surface area contributed by atoms with E-state index in [1.54, 1.807) is 6.92 Å². The number of hydrogen-bond donors (Lipinski definition) is 1. The van der Waals surface area contributed by atoms with Crippen molar-refractivity contribution in [3.05, 3.63) is 35.6 Å². The number of carbonyl (C=O) groups is 1. The number of furan rings is 1. The molecule has 1 heterocycles. The van der Waals surface area contributed by atoms with Gasteiger partial charge in [0.15, 0.2) is 0 Å². The predicted molar refractivity (Wildman–Crippen MR) is 79.0 cm³/mol. The first-order valence-corrected chi connectivity index (χ1v) is 7.20. The smallest absolute Gasteiger partial charge is 0.411 e. The van der Waals surface area contributed by atoms with E-state index in [0.717, 1.165) is 16.5 Å². The van der Waals surface area contributed by atoms with Crippen molar-refractivity contribution in [1.82, 2.24) is 5.32 Å². The van der Waals surface area contributed by atoms with Crippen LogP contribution in [-0.2, 0) is 9.53 Å². The van der Waals surface area contributed by atoms with Crippen LogP contribution < -0.4 is 5.32 Å². The highest BCUT2D eigenvalue weighted by molar-refractivity contribution is 5.82. The molecular weight excluding hydrogens is 311 g/mol. The zero-order chi connectivity index (χ0) is 17.0. The van der Waals surface area contributed by atoms with Crippen LogP contribution in [0.4, 0.5) is 13.2 Å². The summed E-state index contributed by atoms with van der Waals surface area (Å²) in [6, 6.07) is 7.15. The summed E-state index contributed by atoms with van der Waals surface area (Å²) >= 11 is 0. The van der Waals surface area contributed by atoms with Gasteiger partial charge in [0, 0.05) is 17.4 Å². The minimum atomic E-state index is -4.38. The summed E-state index contributed by atoms with van der Waals surface area (Å²) < 4.78 is 45.9. The number of aryl methyl sites for hydroxylation is 1. The lowest BCUT2D eigenvalue weighted by Crippen LogP contribution is -2.28. The Balaban J connectivity index is 1.89. The van der Waals surface area contributed by atoms with E-state index in [-0.39, 0.29) is 25.0 Å². The van der Waals surface area contributed by atoms with Crippen molar-refractivity contribution in [3.63, 3.8) is 0 Å². The normalized spacial score (nSPS) is 13.3. The fourth-order valence-electron chi connectivity index (χ4n) is 2.34. The van der Waals surface area contributed by atoms with E-state index < -0.39 is 12.8 Å². The Morgan fingerprint density at radius 2 is 2.04 bits per heavy atom. The summed E-state index contributed by atoms with van der Waals surface area (Å²) in [7, 11) is 0. The predicted octanol–water partition coefficient (Wildman–Crippen LogP) is 3.89. The quantitative estimate of drug-likeness (QED) is 0.818. The molecule has 0 saturated carbocycles. The first kappa shape index (κ1) is 17.3. The molecule has 1 atom stereocenters. The van der Waals surface area contributed by atoms with Crippen LogP contribution in [0.2, 0.25) is 0 Å². The Labute approximate surface area is 131 Å². The fraction of sp³-hybridized carbons (Fsp3) is 0.438. The van der Waals surface area contributed by atoms with Crippen molar-refractivity contribution in [2.45, 2.75) is 32.5 Å². The third-order valence-corrected chi connectivity index (χ3v) is 3.39. The first-order chi connectivity index (χ1) is 10.8. The highest BCUT2D eigenvalue weighted by atomic mass is 19.4. The van der Waals surface area contributed by atoms with Crippen LogP contribution in [-0.4, -0.2) is 25.3 Å². The molecule has 0 saturated heterocycles. The summed E-state index contributed by atoms with van der Waals surface area (Å²) in [6.07, 6.45) is -4.52. The van der Waals surface area contributed by atoms with Gasteiger partial charge in [0.25, 0.3) is 0 Å². The fourth-order valence-corrected chi connectivity index (χ4v) is 2.34. The molecule has 0 aliphatic heterocycles. The largest absolute Gasteiger partial charge is 0.459 e. The summed E-state index contributed by atoms with van der Waals surface area (Å²) in [5, 5.41) is 3.67. The van der Waals surface area contributed by atoms with Gasteiger partial charge in [0.1, 0.15) is 18.0 Å². The van der Waals surface area contributed by atoms with E-state index in [9.17, 15) is 18.0 Å². The molecule has 0 spiro atoms. The van der Waals surface area contributed by atoms with Crippen LogP contribution in [0.1, 0.15) is 30.7 Å². The molecule has 0 radical (unpaired) electrons. The Morgan fingerprint density at radius 1 is 1.35 bits per heavy atom. The zero-order valence-electron chi connectivity index (χ0n) is 12.9. The maximum absolute atomic E-state index is 11.9. The van der Waals surface area contributed by atoms with Crippen LogP contribution in [0.25, 0.3) is 11.0 Å². The molecule has 2 aromatic rings. The van der Waals surface area contributed by atoms with E-state index in [1.807, 2.05) is 31.2 Å². The Kier molecular flexibility index (Phi) is 5.30. The second kappa shape index (κ2) is 7.04. The number of halogens is 3. The number of benzene rings is 1. The molecule has 0 aliphatic rings. The lowest BCUT2D eigenvalue weighted by atomic mass is 10.1. The molecule has 0 bridgehead atoms. The Morgan fingerprint density at radius 3 is 2.70 bits per heavy atom. The Hall–Kier alpha value is -2.02. The summed E-state index contributed by atoms with van der Waals surface area (Å²) in [5.74, 6) is 0.246. The highest BCUT2D eigenvalue weighted by Crippen LogP contribution is 2.29. The van der Waals surface area contributed by atoms with Crippen LogP contribution in [0.5, 0.6) is 0 Å². The third-order valence-electron chi connectivity index (χ3n) is 3.39. The maximum atomic E-state index is 11.9. The monoisotopic (exact) mass is 329 g/mol. The van der Waals surface area contributed by atoms with Gasteiger partial charge in [-0.05, 0) is 19.9 Å². The lowest BCUT2D eigenvalue weighted by Gasteiger charge is -2.13. The SMILES string of the molecule is Cc1c(C(C)NC(=O)CCOCC(F)(F)F)oc2ccccc12. The number of amides is 1. The minimum Gasteiger partial charge on any atom is -0.459 e. The second-order valence-electron chi connectivity index (χ2n) is 5.29. The average Bonchev–Trinajstić information content (AvgIpc) is 2.80. The summed E-state index contributed by atoms with van der Waals surface area (Å²) in [6.45, 7) is 2.03. The van der Waals surface area contributed by atoms with Crippen LogP contribution >= 0.6 is 0 Å². The molecule has 1 aromatic carbocycles. The zero-order valence-corrected chi connectivity index (χ0v) is 12.9. The van der Waals surface area contributed by atoms with E-state index in [0.29, 0.717) is 5.76 Å². The molecule has 1 unspecified atom stereocenters.